The minimum atomic E-state index is -3.48. The summed E-state index contributed by atoms with van der Waals surface area (Å²) in [5, 5.41) is 8.34. The van der Waals surface area contributed by atoms with Crippen LogP contribution in [0.5, 0.6) is 5.75 Å². The highest BCUT2D eigenvalue weighted by atomic mass is 31.2. The van der Waals surface area contributed by atoms with Crippen molar-refractivity contribution in [3.63, 3.8) is 0 Å². The van der Waals surface area contributed by atoms with Crippen LogP contribution in [0, 0.1) is 0 Å². The Balaban J connectivity index is 1.80. The number of hydrogen-bond acceptors (Lipinski definition) is 8. The first-order valence-corrected chi connectivity index (χ1v) is 12.4. The molecule has 0 saturated carbocycles. The van der Waals surface area contributed by atoms with Gasteiger partial charge in [0.25, 0.3) is 0 Å². The van der Waals surface area contributed by atoms with E-state index in [4.69, 9.17) is 18.5 Å². The molecule has 3 rings (SSSR count). The molecule has 0 saturated heterocycles. The average molecular weight is 473 g/mol. The Hall–Kier alpha value is -3.00. The van der Waals surface area contributed by atoms with Crippen molar-refractivity contribution in [2.75, 3.05) is 26.5 Å². The van der Waals surface area contributed by atoms with E-state index >= 15 is 0 Å². The van der Waals surface area contributed by atoms with E-state index in [2.05, 4.69) is 10.3 Å². The molecular formula is C23H28N3O6P. The van der Waals surface area contributed by atoms with Crippen LogP contribution in [0.25, 0.3) is 11.3 Å². The van der Waals surface area contributed by atoms with Crippen LogP contribution in [0.3, 0.4) is 0 Å². The lowest BCUT2D eigenvalue weighted by Gasteiger charge is -2.23. The van der Waals surface area contributed by atoms with E-state index < -0.39 is 19.7 Å². The van der Waals surface area contributed by atoms with E-state index in [1.165, 1.54) is 0 Å². The predicted molar refractivity (Wildman–Crippen MR) is 123 cm³/mol. The van der Waals surface area contributed by atoms with Crippen LogP contribution in [0.4, 0.5) is 0 Å². The number of aromatic nitrogens is 3. The van der Waals surface area contributed by atoms with Gasteiger partial charge in [-0.15, -0.1) is 5.10 Å². The van der Waals surface area contributed by atoms with Crippen LogP contribution in [0.1, 0.15) is 24.2 Å². The predicted octanol–water partition coefficient (Wildman–Crippen LogP) is 4.45. The number of carbonyl (C=O) groups excluding carboxylic acids is 1. The van der Waals surface area contributed by atoms with E-state index in [1.807, 2.05) is 30.3 Å². The number of esters is 1. The van der Waals surface area contributed by atoms with Crippen molar-refractivity contribution in [1.82, 2.24) is 15.0 Å². The molecular weight excluding hydrogens is 445 g/mol. The Morgan fingerprint density at radius 3 is 2.30 bits per heavy atom. The second-order valence-electron chi connectivity index (χ2n) is 7.08. The van der Waals surface area contributed by atoms with Gasteiger partial charge in [-0.05, 0) is 38.1 Å². The molecule has 33 heavy (non-hydrogen) atoms. The number of carbonyl (C=O) groups is 1. The van der Waals surface area contributed by atoms with Crippen molar-refractivity contribution >= 4 is 13.6 Å². The van der Waals surface area contributed by atoms with E-state index in [-0.39, 0.29) is 25.9 Å². The summed E-state index contributed by atoms with van der Waals surface area (Å²) < 4.78 is 36.4. The van der Waals surface area contributed by atoms with Crippen LogP contribution in [-0.4, -0.2) is 53.6 Å². The summed E-state index contributed by atoms with van der Waals surface area (Å²) >= 11 is 0. The number of methoxy groups -OCH3 is 1. The highest BCUT2D eigenvalue weighted by molar-refractivity contribution is 7.53. The van der Waals surface area contributed by atoms with Gasteiger partial charge in [0.1, 0.15) is 17.5 Å². The fourth-order valence-corrected chi connectivity index (χ4v) is 4.96. The molecule has 0 aliphatic rings. The van der Waals surface area contributed by atoms with Gasteiger partial charge < -0.3 is 18.5 Å². The zero-order chi connectivity index (χ0) is 23.7. The van der Waals surface area contributed by atoms with Crippen LogP contribution in [-0.2, 0) is 24.9 Å². The minimum Gasteiger partial charge on any atom is -0.497 e. The zero-order valence-electron chi connectivity index (χ0n) is 18.9. The van der Waals surface area contributed by atoms with Crippen molar-refractivity contribution in [2.24, 2.45) is 0 Å². The Morgan fingerprint density at radius 1 is 1.03 bits per heavy atom. The fraction of sp³-hybridized carbons (Fsp3) is 0.348. The molecule has 0 aliphatic carbocycles. The quantitative estimate of drug-likeness (QED) is 0.281. The van der Waals surface area contributed by atoms with Gasteiger partial charge in [0.2, 0.25) is 0 Å². The standard InChI is InChI=1S/C23H28N3O6P/c1-4-30-33(28,31-5-2)17-21(32-23(27)19-11-13-20(29-3)14-12-19)15-26-16-22(24-25-26)18-9-7-6-8-10-18/h6-14,16,21H,4-5,15,17H2,1-3H3. The summed E-state index contributed by atoms with van der Waals surface area (Å²) in [7, 11) is -1.94. The molecule has 10 heteroatoms. The minimum absolute atomic E-state index is 0.114. The van der Waals surface area contributed by atoms with Crippen molar-refractivity contribution in [2.45, 2.75) is 26.5 Å². The lowest BCUT2D eigenvalue weighted by molar-refractivity contribution is 0.0289. The molecule has 1 aromatic heterocycles. The third kappa shape index (κ3) is 6.99. The molecule has 3 aromatic rings. The van der Waals surface area contributed by atoms with Gasteiger partial charge in [0.05, 0.1) is 44.8 Å². The fourth-order valence-electron chi connectivity index (χ4n) is 3.20. The van der Waals surface area contributed by atoms with Crippen molar-refractivity contribution in [3.05, 3.63) is 66.4 Å². The first kappa shape index (κ1) is 24.6. The highest BCUT2D eigenvalue weighted by Crippen LogP contribution is 2.49. The first-order chi connectivity index (χ1) is 16.0. The molecule has 0 aliphatic heterocycles. The number of nitrogens with zero attached hydrogens (tertiary/aromatic N) is 3. The lowest BCUT2D eigenvalue weighted by atomic mass is 10.2. The van der Waals surface area contributed by atoms with Crippen molar-refractivity contribution in [3.8, 4) is 17.0 Å². The van der Waals surface area contributed by atoms with Gasteiger partial charge in [-0.3, -0.25) is 4.57 Å². The molecule has 0 fully saturated rings. The maximum absolute atomic E-state index is 13.1. The van der Waals surface area contributed by atoms with Gasteiger partial charge in [0.15, 0.2) is 0 Å². The maximum Gasteiger partial charge on any atom is 0.338 e. The Morgan fingerprint density at radius 2 is 1.70 bits per heavy atom. The molecule has 1 unspecified atom stereocenters. The van der Waals surface area contributed by atoms with Crippen LogP contribution in [0.2, 0.25) is 0 Å². The molecule has 1 heterocycles. The molecule has 0 spiro atoms. The van der Waals surface area contributed by atoms with Crippen LogP contribution in [0.15, 0.2) is 60.8 Å². The van der Waals surface area contributed by atoms with Gasteiger partial charge >= 0.3 is 13.6 Å². The first-order valence-electron chi connectivity index (χ1n) is 10.6. The number of hydrogen-bond donors (Lipinski definition) is 0. The molecule has 0 N–H and O–H groups in total. The van der Waals surface area contributed by atoms with Crippen LogP contribution < -0.4 is 4.74 Å². The Bertz CT molecular complexity index is 1060. The number of rotatable bonds is 12. The Kier molecular flexibility index (Phi) is 8.77. The lowest BCUT2D eigenvalue weighted by Crippen LogP contribution is -2.28. The number of ether oxygens (including phenoxy) is 2. The summed E-state index contributed by atoms with van der Waals surface area (Å²) in [6.45, 7) is 4.00. The van der Waals surface area contributed by atoms with Gasteiger partial charge in [0, 0.05) is 5.56 Å². The van der Waals surface area contributed by atoms with Crippen molar-refractivity contribution in [1.29, 1.82) is 0 Å². The largest absolute Gasteiger partial charge is 0.497 e. The summed E-state index contributed by atoms with van der Waals surface area (Å²) in [5.74, 6) is 0.0574. The van der Waals surface area contributed by atoms with Crippen LogP contribution >= 0.6 is 7.60 Å². The Labute approximate surface area is 193 Å². The van der Waals surface area contributed by atoms with E-state index in [0.717, 1.165) is 5.56 Å². The molecule has 0 amide bonds. The second-order valence-corrected chi connectivity index (χ2v) is 9.18. The molecule has 1 atom stereocenters. The normalized spacial score (nSPS) is 12.3. The van der Waals surface area contributed by atoms with Gasteiger partial charge in [-0.2, -0.15) is 0 Å². The van der Waals surface area contributed by atoms with Gasteiger partial charge in [-0.25, -0.2) is 9.48 Å². The van der Waals surface area contributed by atoms with E-state index in [0.29, 0.717) is 17.0 Å². The summed E-state index contributed by atoms with van der Waals surface area (Å²) in [4.78, 5) is 12.8. The summed E-state index contributed by atoms with van der Waals surface area (Å²) in [5.41, 5.74) is 1.92. The maximum atomic E-state index is 13.1. The topological polar surface area (TPSA) is 102 Å². The summed E-state index contributed by atoms with van der Waals surface area (Å²) in [6, 6.07) is 16.1. The average Bonchev–Trinajstić information content (AvgIpc) is 3.28. The second kappa shape index (κ2) is 11.7. The molecule has 176 valence electrons. The third-order valence-electron chi connectivity index (χ3n) is 4.68. The molecule has 0 bridgehead atoms. The van der Waals surface area contributed by atoms with E-state index in [9.17, 15) is 9.36 Å². The van der Waals surface area contributed by atoms with E-state index in [1.54, 1.807) is 56.1 Å². The molecule has 2 aromatic carbocycles. The SMILES string of the molecule is CCOP(=O)(CC(Cn1cc(-c2ccccc2)nn1)OC(=O)c1ccc(OC)cc1)OCC. The molecule has 9 nitrogen and oxygen atoms in total. The third-order valence-corrected chi connectivity index (χ3v) is 6.83. The monoisotopic (exact) mass is 473 g/mol. The highest BCUT2D eigenvalue weighted by Gasteiger charge is 2.31. The van der Waals surface area contributed by atoms with Gasteiger partial charge in [-0.1, -0.05) is 35.5 Å². The zero-order valence-corrected chi connectivity index (χ0v) is 19.8. The summed E-state index contributed by atoms with van der Waals surface area (Å²) in [6.07, 6.45) is 0.807. The number of benzene rings is 2. The van der Waals surface area contributed by atoms with Crippen molar-refractivity contribution < 1.29 is 27.9 Å². The smallest absolute Gasteiger partial charge is 0.338 e. The molecule has 0 radical (unpaired) electrons.